The van der Waals surface area contributed by atoms with Crippen LogP contribution in [0.2, 0.25) is 0 Å². The zero-order valence-electron chi connectivity index (χ0n) is 14.3. The molecule has 3 aromatic rings. The second kappa shape index (κ2) is 6.03. The molecule has 0 aliphatic heterocycles. The minimum Gasteiger partial charge on any atom is -0.350 e. The molecule has 2 aromatic carbocycles. The monoisotopic (exact) mass is 336 g/mol. The Hall–Kier alpha value is -2.62. The zero-order chi connectivity index (χ0) is 17.4. The highest BCUT2D eigenvalue weighted by molar-refractivity contribution is 6.05. The van der Waals surface area contributed by atoms with Gasteiger partial charge in [0, 0.05) is 24.1 Å². The summed E-state index contributed by atoms with van der Waals surface area (Å²) >= 11 is 0. The molecule has 1 aromatic heterocycles. The molecular weight excluding hydrogens is 315 g/mol. The van der Waals surface area contributed by atoms with Crippen molar-refractivity contribution in [2.75, 3.05) is 5.32 Å². The van der Waals surface area contributed by atoms with Gasteiger partial charge in [0.25, 0.3) is 0 Å². The number of nitrogens with zero attached hydrogens (tertiary/aromatic N) is 1. The molecular formula is C21H21FN2O. The Morgan fingerprint density at radius 1 is 1.08 bits per heavy atom. The van der Waals surface area contributed by atoms with E-state index in [4.69, 9.17) is 0 Å². The van der Waals surface area contributed by atoms with E-state index in [1.807, 2.05) is 42.1 Å². The van der Waals surface area contributed by atoms with Crippen molar-refractivity contribution in [1.82, 2.24) is 4.57 Å². The minimum absolute atomic E-state index is 0.00737. The van der Waals surface area contributed by atoms with Crippen LogP contribution in [0, 0.1) is 5.82 Å². The van der Waals surface area contributed by atoms with Crippen molar-refractivity contribution in [2.24, 2.45) is 7.05 Å². The molecule has 1 heterocycles. The zero-order valence-corrected chi connectivity index (χ0v) is 14.3. The van der Waals surface area contributed by atoms with Crippen LogP contribution < -0.4 is 5.32 Å². The Kier molecular flexibility index (Phi) is 3.83. The first kappa shape index (κ1) is 15.9. The van der Waals surface area contributed by atoms with Gasteiger partial charge in [0.1, 0.15) is 5.82 Å². The maximum Gasteiger partial charge on any atom is 0.235 e. The number of amides is 1. The summed E-state index contributed by atoms with van der Waals surface area (Å²) in [4.78, 5) is 13.3. The van der Waals surface area contributed by atoms with Crippen LogP contribution >= 0.6 is 0 Å². The van der Waals surface area contributed by atoms with Crippen LogP contribution in [0.4, 0.5) is 10.1 Å². The number of halogens is 1. The lowest BCUT2D eigenvalue weighted by Gasteiger charge is -2.28. The quantitative estimate of drug-likeness (QED) is 0.734. The molecule has 0 atom stereocenters. The predicted molar refractivity (Wildman–Crippen MR) is 98.1 cm³/mol. The molecule has 25 heavy (non-hydrogen) atoms. The van der Waals surface area contributed by atoms with Crippen molar-refractivity contribution in [1.29, 1.82) is 0 Å². The van der Waals surface area contributed by atoms with Crippen LogP contribution in [0.3, 0.4) is 0 Å². The number of hydrogen-bond donors (Lipinski definition) is 1. The van der Waals surface area contributed by atoms with Gasteiger partial charge in [0.15, 0.2) is 0 Å². The molecule has 1 aliphatic rings. The Morgan fingerprint density at radius 2 is 1.80 bits per heavy atom. The van der Waals surface area contributed by atoms with Gasteiger partial charge in [0.2, 0.25) is 5.91 Å². The van der Waals surface area contributed by atoms with E-state index in [1.165, 1.54) is 12.1 Å². The van der Waals surface area contributed by atoms with Gasteiger partial charge in [-0.3, -0.25) is 4.79 Å². The van der Waals surface area contributed by atoms with Crippen molar-refractivity contribution in [3.05, 3.63) is 66.1 Å². The van der Waals surface area contributed by atoms with Crippen molar-refractivity contribution in [2.45, 2.75) is 31.1 Å². The molecule has 0 saturated heterocycles. The molecule has 4 rings (SSSR count). The number of benzene rings is 2. The first-order valence-electron chi connectivity index (χ1n) is 8.72. The number of aromatic nitrogens is 1. The highest BCUT2D eigenvalue weighted by atomic mass is 19.1. The summed E-state index contributed by atoms with van der Waals surface area (Å²) in [7, 11) is 1.99. The summed E-state index contributed by atoms with van der Waals surface area (Å²) in [5.74, 6) is -0.265. The number of anilines is 1. The average Bonchev–Trinajstić information content (AvgIpc) is 3.25. The van der Waals surface area contributed by atoms with Gasteiger partial charge in [-0.15, -0.1) is 0 Å². The molecule has 3 nitrogen and oxygen atoms in total. The third-order valence-electron chi connectivity index (χ3n) is 5.46. The van der Waals surface area contributed by atoms with Crippen LogP contribution in [0.1, 0.15) is 31.2 Å². The van der Waals surface area contributed by atoms with Crippen molar-refractivity contribution < 1.29 is 9.18 Å². The predicted octanol–water partition coefficient (Wildman–Crippen LogP) is 4.77. The smallest absolute Gasteiger partial charge is 0.235 e. The Balaban J connectivity index is 1.71. The summed E-state index contributed by atoms with van der Waals surface area (Å²) in [6.45, 7) is 0. The molecule has 1 amide bonds. The molecule has 4 heteroatoms. The van der Waals surface area contributed by atoms with Crippen molar-refractivity contribution >= 4 is 22.5 Å². The molecule has 128 valence electrons. The van der Waals surface area contributed by atoms with E-state index in [2.05, 4.69) is 5.32 Å². The van der Waals surface area contributed by atoms with Gasteiger partial charge < -0.3 is 9.88 Å². The van der Waals surface area contributed by atoms with Gasteiger partial charge >= 0.3 is 0 Å². The summed E-state index contributed by atoms with van der Waals surface area (Å²) < 4.78 is 15.4. The van der Waals surface area contributed by atoms with Crippen LogP contribution in [-0.2, 0) is 17.3 Å². The van der Waals surface area contributed by atoms with E-state index in [0.29, 0.717) is 0 Å². The molecule has 1 N–H and O–H groups in total. The van der Waals surface area contributed by atoms with Gasteiger partial charge in [0.05, 0.1) is 11.1 Å². The number of nitrogens with one attached hydrogen (secondary N) is 1. The van der Waals surface area contributed by atoms with Gasteiger partial charge in [-0.05, 0) is 48.7 Å². The van der Waals surface area contributed by atoms with Crippen LogP contribution in [0.5, 0.6) is 0 Å². The Labute approximate surface area is 146 Å². The normalized spacial score (nSPS) is 16.2. The highest BCUT2D eigenvalue weighted by Gasteiger charge is 2.42. The SMILES string of the molecule is Cn1ccc2c(NC(=O)C3(c4ccc(F)cc4)CCCC3)cccc21. The fourth-order valence-corrected chi connectivity index (χ4v) is 4.05. The fourth-order valence-electron chi connectivity index (χ4n) is 4.05. The second-order valence-electron chi connectivity index (χ2n) is 6.92. The molecule has 0 spiro atoms. The van der Waals surface area contributed by atoms with Crippen LogP contribution in [0.25, 0.3) is 10.9 Å². The summed E-state index contributed by atoms with van der Waals surface area (Å²) in [6.07, 6.45) is 5.62. The van der Waals surface area contributed by atoms with E-state index in [9.17, 15) is 9.18 Å². The molecule has 1 fully saturated rings. The minimum atomic E-state index is -0.565. The van der Waals surface area contributed by atoms with E-state index < -0.39 is 5.41 Å². The molecule has 0 unspecified atom stereocenters. The lowest BCUT2D eigenvalue weighted by Crippen LogP contribution is -2.38. The lowest BCUT2D eigenvalue weighted by atomic mass is 9.78. The number of hydrogen-bond acceptors (Lipinski definition) is 1. The molecule has 1 aliphatic carbocycles. The number of rotatable bonds is 3. The van der Waals surface area contributed by atoms with E-state index in [1.54, 1.807) is 12.1 Å². The number of aryl methyl sites for hydroxylation is 1. The van der Waals surface area contributed by atoms with Gasteiger partial charge in [-0.25, -0.2) is 4.39 Å². The third-order valence-corrected chi connectivity index (χ3v) is 5.46. The maximum absolute atomic E-state index is 13.3. The fraction of sp³-hybridized carbons (Fsp3) is 0.286. The Bertz CT molecular complexity index is 921. The lowest BCUT2D eigenvalue weighted by molar-refractivity contribution is -0.121. The van der Waals surface area contributed by atoms with E-state index in [0.717, 1.165) is 47.8 Å². The first-order valence-corrected chi connectivity index (χ1v) is 8.72. The Morgan fingerprint density at radius 3 is 2.52 bits per heavy atom. The van der Waals surface area contributed by atoms with Gasteiger partial charge in [-0.2, -0.15) is 0 Å². The van der Waals surface area contributed by atoms with Crippen molar-refractivity contribution in [3.8, 4) is 0 Å². The average molecular weight is 336 g/mol. The second-order valence-corrected chi connectivity index (χ2v) is 6.92. The van der Waals surface area contributed by atoms with E-state index in [-0.39, 0.29) is 11.7 Å². The number of carbonyl (C=O) groups excluding carboxylic acids is 1. The number of carbonyl (C=O) groups is 1. The largest absolute Gasteiger partial charge is 0.350 e. The topological polar surface area (TPSA) is 34.0 Å². The van der Waals surface area contributed by atoms with Crippen molar-refractivity contribution in [3.63, 3.8) is 0 Å². The maximum atomic E-state index is 13.3. The summed E-state index contributed by atoms with van der Waals surface area (Å²) in [5, 5.41) is 4.18. The highest BCUT2D eigenvalue weighted by Crippen LogP contribution is 2.42. The van der Waals surface area contributed by atoms with Crippen LogP contribution in [0.15, 0.2) is 54.7 Å². The summed E-state index contributed by atoms with van der Waals surface area (Å²) in [6, 6.07) is 14.3. The van der Waals surface area contributed by atoms with E-state index >= 15 is 0 Å². The van der Waals surface area contributed by atoms with Crippen LogP contribution in [-0.4, -0.2) is 10.5 Å². The molecule has 0 bridgehead atoms. The molecule has 0 radical (unpaired) electrons. The standard InChI is InChI=1S/C21H21FN2O/c1-24-14-11-17-18(5-4-6-19(17)24)23-20(25)21(12-2-3-13-21)15-7-9-16(22)10-8-15/h4-11,14H,2-3,12-13H2,1H3,(H,23,25). The number of fused-ring (bicyclic) bond motifs is 1. The first-order chi connectivity index (χ1) is 12.1. The molecule has 1 saturated carbocycles. The third kappa shape index (κ3) is 2.62. The van der Waals surface area contributed by atoms with Gasteiger partial charge in [-0.1, -0.05) is 31.0 Å². The summed E-state index contributed by atoms with van der Waals surface area (Å²) in [5.41, 5.74) is 2.26.